The topological polar surface area (TPSA) is 140 Å². The largest absolute Gasteiger partial charge is 0.478 e. The van der Waals surface area contributed by atoms with Gasteiger partial charge in [0.2, 0.25) is 0 Å². The van der Waals surface area contributed by atoms with E-state index in [1.807, 2.05) is 0 Å². The fourth-order valence-corrected chi connectivity index (χ4v) is 2.73. The number of carboxylic acid groups (broad SMARTS) is 1. The van der Waals surface area contributed by atoms with E-state index in [1.54, 1.807) is 0 Å². The summed E-state index contributed by atoms with van der Waals surface area (Å²) in [5.74, 6) is -2.46. The van der Waals surface area contributed by atoms with Crippen molar-refractivity contribution in [3.05, 3.63) is 35.4 Å². The molecule has 3 N–H and O–H groups in total. The number of ether oxygens (including phenoxy) is 3. The van der Waals surface area contributed by atoms with Gasteiger partial charge in [-0.25, -0.2) is 4.79 Å². The van der Waals surface area contributed by atoms with E-state index in [2.05, 4.69) is 0 Å². The van der Waals surface area contributed by atoms with Crippen molar-refractivity contribution in [2.24, 2.45) is 0 Å². The lowest BCUT2D eigenvalue weighted by Gasteiger charge is -2.42. The zero-order valence-electron chi connectivity index (χ0n) is 14.2. The van der Waals surface area contributed by atoms with Crippen LogP contribution in [0.4, 0.5) is 0 Å². The van der Waals surface area contributed by atoms with E-state index < -0.39 is 48.4 Å². The molecule has 0 saturated carbocycles. The second kappa shape index (κ2) is 8.26. The second-order valence-corrected chi connectivity index (χ2v) is 5.88. The predicted molar refractivity (Wildman–Crippen MR) is 85.2 cm³/mol. The standard InChI is InChI=1S/C17H20O9/c1-8(18)24-7-12-16(25-9(2)19)14(21)13(20)15(26-12)10-4-3-5-11(6-10)17(22)23/h3-6,12-16,20-21H,7H2,1-2H3,(H,22,23)/t12-,13+,14-,15?,16-/m1/s1. The minimum absolute atomic E-state index is 0.0218. The van der Waals surface area contributed by atoms with Crippen LogP contribution >= 0.6 is 0 Å². The third-order valence-electron chi connectivity index (χ3n) is 3.90. The van der Waals surface area contributed by atoms with Gasteiger partial charge in [0.15, 0.2) is 6.10 Å². The van der Waals surface area contributed by atoms with E-state index in [4.69, 9.17) is 19.3 Å². The molecule has 5 atom stereocenters. The van der Waals surface area contributed by atoms with Gasteiger partial charge in [-0.05, 0) is 17.7 Å². The zero-order chi connectivity index (χ0) is 19.4. The van der Waals surface area contributed by atoms with E-state index in [1.165, 1.54) is 31.2 Å². The summed E-state index contributed by atoms with van der Waals surface area (Å²) in [6.07, 6.45) is -6.40. The summed E-state index contributed by atoms with van der Waals surface area (Å²) < 4.78 is 15.6. The molecule has 1 aromatic carbocycles. The lowest BCUT2D eigenvalue weighted by Crippen LogP contribution is -2.57. The summed E-state index contributed by atoms with van der Waals surface area (Å²) in [4.78, 5) is 33.5. The molecule has 142 valence electrons. The summed E-state index contributed by atoms with van der Waals surface area (Å²) >= 11 is 0. The molecule has 0 spiro atoms. The molecular formula is C17H20O9. The van der Waals surface area contributed by atoms with Crippen LogP contribution < -0.4 is 0 Å². The van der Waals surface area contributed by atoms with Crippen molar-refractivity contribution in [1.29, 1.82) is 0 Å². The Balaban J connectivity index is 2.30. The highest BCUT2D eigenvalue weighted by Gasteiger charge is 2.47. The second-order valence-electron chi connectivity index (χ2n) is 5.88. The van der Waals surface area contributed by atoms with Crippen LogP contribution in [0.25, 0.3) is 0 Å². The Morgan fingerprint density at radius 1 is 1.12 bits per heavy atom. The third kappa shape index (κ3) is 4.57. The van der Waals surface area contributed by atoms with Gasteiger partial charge in [-0.3, -0.25) is 9.59 Å². The molecular weight excluding hydrogens is 348 g/mol. The highest BCUT2D eigenvalue weighted by atomic mass is 16.6. The van der Waals surface area contributed by atoms with Gasteiger partial charge >= 0.3 is 17.9 Å². The number of hydrogen-bond acceptors (Lipinski definition) is 8. The number of aliphatic hydroxyl groups excluding tert-OH is 2. The molecule has 0 aliphatic carbocycles. The molecule has 0 bridgehead atoms. The zero-order valence-corrected chi connectivity index (χ0v) is 14.2. The van der Waals surface area contributed by atoms with Gasteiger partial charge in [0, 0.05) is 13.8 Å². The maximum atomic E-state index is 11.3. The Bertz CT molecular complexity index is 687. The van der Waals surface area contributed by atoms with E-state index >= 15 is 0 Å². The number of hydrogen-bond donors (Lipinski definition) is 3. The average Bonchev–Trinajstić information content (AvgIpc) is 2.58. The van der Waals surface area contributed by atoms with Crippen LogP contribution in [0.5, 0.6) is 0 Å². The van der Waals surface area contributed by atoms with Gasteiger partial charge < -0.3 is 29.5 Å². The number of esters is 2. The molecule has 0 amide bonds. The number of rotatable bonds is 5. The molecule has 2 rings (SSSR count). The third-order valence-corrected chi connectivity index (χ3v) is 3.90. The monoisotopic (exact) mass is 368 g/mol. The van der Waals surface area contributed by atoms with Gasteiger partial charge in [0.05, 0.1) is 5.56 Å². The van der Waals surface area contributed by atoms with Crippen molar-refractivity contribution >= 4 is 17.9 Å². The van der Waals surface area contributed by atoms with Crippen molar-refractivity contribution in [1.82, 2.24) is 0 Å². The van der Waals surface area contributed by atoms with Gasteiger partial charge in [0.1, 0.15) is 31.0 Å². The van der Waals surface area contributed by atoms with Crippen LogP contribution in [0.2, 0.25) is 0 Å². The maximum absolute atomic E-state index is 11.3. The predicted octanol–water partition coefficient (Wildman–Crippen LogP) is 0.0413. The van der Waals surface area contributed by atoms with Gasteiger partial charge in [-0.15, -0.1) is 0 Å². The highest BCUT2D eigenvalue weighted by Crippen LogP contribution is 2.34. The van der Waals surface area contributed by atoms with E-state index in [0.29, 0.717) is 5.56 Å². The Kier molecular flexibility index (Phi) is 6.30. The molecule has 9 heteroatoms. The van der Waals surface area contributed by atoms with Crippen LogP contribution in [-0.4, -0.2) is 64.3 Å². The molecule has 1 heterocycles. The number of aromatic carboxylic acids is 1. The number of benzene rings is 1. The molecule has 0 aromatic heterocycles. The van der Waals surface area contributed by atoms with Crippen LogP contribution in [0.15, 0.2) is 24.3 Å². The molecule has 1 aromatic rings. The first kappa shape index (κ1) is 19.8. The maximum Gasteiger partial charge on any atom is 0.335 e. The lowest BCUT2D eigenvalue weighted by atomic mass is 9.90. The number of carbonyl (C=O) groups is 3. The molecule has 1 aliphatic heterocycles. The van der Waals surface area contributed by atoms with Crippen molar-refractivity contribution in [2.45, 2.75) is 44.4 Å². The number of carboxylic acids is 1. The number of carbonyl (C=O) groups excluding carboxylic acids is 2. The molecule has 26 heavy (non-hydrogen) atoms. The Morgan fingerprint density at radius 2 is 1.81 bits per heavy atom. The van der Waals surface area contributed by atoms with Crippen molar-refractivity contribution in [2.75, 3.05) is 6.61 Å². The molecule has 1 aliphatic rings. The molecule has 9 nitrogen and oxygen atoms in total. The molecule has 0 radical (unpaired) electrons. The SMILES string of the molecule is CC(=O)OC[C@H]1OC(c2cccc(C(=O)O)c2)[C@@H](O)[C@@H](O)[C@@H]1OC(C)=O. The van der Waals surface area contributed by atoms with E-state index in [-0.39, 0.29) is 12.2 Å². The normalized spacial score (nSPS) is 28.2. The fraction of sp³-hybridized carbons (Fsp3) is 0.471. The van der Waals surface area contributed by atoms with Gasteiger partial charge in [-0.2, -0.15) is 0 Å². The quantitative estimate of drug-likeness (QED) is 0.615. The average molecular weight is 368 g/mol. The van der Waals surface area contributed by atoms with Crippen LogP contribution in [-0.2, 0) is 23.8 Å². The Labute approximate surface area is 149 Å². The van der Waals surface area contributed by atoms with Gasteiger partial charge in [0.25, 0.3) is 0 Å². The summed E-state index contributed by atoms with van der Waals surface area (Å²) in [5.41, 5.74) is 0.289. The van der Waals surface area contributed by atoms with Crippen LogP contribution in [0, 0.1) is 0 Å². The van der Waals surface area contributed by atoms with Crippen LogP contribution in [0.3, 0.4) is 0 Å². The minimum Gasteiger partial charge on any atom is -0.478 e. The van der Waals surface area contributed by atoms with E-state index in [0.717, 1.165) is 6.92 Å². The fourth-order valence-electron chi connectivity index (χ4n) is 2.73. The lowest BCUT2D eigenvalue weighted by molar-refractivity contribution is -0.242. The number of aliphatic hydroxyl groups is 2. The summed E-state index contributed by atoms with van der Waals surface area (Å²) in [5, 5.41) is 29.8. The molecule has 1 fully saturated rings. The summed E-state index contributed by atoms with van der Waals surface area (Å²) in [6.45, 7) is 2.00. The molecule has 1 unspecified atom stereocenters. The van der Waals surface area contributed by atoms with Gasteiger partial charge in [-0.1, -0.05) is 12.1 Å². The van der Waals surface area contributed by atoms with Crippen LogP contribution in [0.1, 0.15) is 35.9 Å². The van der Waals surface area contributed by atoms with Crippen molar-refractivity contribution in [3.63, 3.8) is 0 Å². The summed E-state index contributed by atoms with van der Waals surface area (Å²) in [7, 11) is 0. The summed E-state index contributed by atoms with van der Waals surface area (Å²) in [6, 6.07) is 5.68. The first-order valence-electron chi connectivity index (χ1n) is 7.86. The first-order chi connectivity index (χ1) is 12.2. The highest BCUT2D eigenvalue weighted by molar-refractivity contribution is 5.87. The van der Waals surface area contributed by atoms with Crippen molar-refractivity contribution < 1.29 is 43.9 Å². The van der Waals surface area contributed by atoms with Crippen molar-refractivity contribution in [3.8, 4) is 0 Å². The minimum atomic E-state index is -1.52. The first-order valence-corrected chi connectivity index (χ1v) is 7.86. The Morgan fingerprint density at radius 3 is 2.38 bits per heavy atom. The Hall–Kier alpha value is -2.49. The molecule has 1 saturated heterocycles. The smallest absolute Gasteiger partial charge is 0.335 e. The van der Waals surface area contributed by atoms with E-state index in [9.17, 15) is 24.6 Å².